The summed E-state index contributed by atoms with van der Waals surface area (Å²) >= 11 is 5.93. The normalized spacial score (nSPS) is 11.6. The van der Waals surface area contributed by atoms with Gasteiger partial charge in [-0.15, -0.1) is 0 Å². The number of oxime groups is 2. The van der Waals surface area contributed by atoms with Gasteiger partial charge >= 0.3 is 5.97 Å². The van der Waals surface area contributed by atoms with E-state index in [0.29, 0.717) is 27.6 Å². The molecule has 2 rings (SSSR count). The number of benzene rings is 2. The summed E-state index contributed by atoms with van der Waals surface area (Å²) in [7, 11) is 4.05. The van der Waals surface area contributed by atoms with E-state index >= 15 is 0 Å². The van der Waals surface area contributed by atoms with E-state index in [1.807, 2.05) is 6.07 Å². The molecule has 0 atom stereocenters. The highest BCUT2D eigenvalue weighted by molar-refractivity contribution is 6.43. The summed E-state index contributed by atoms with van der Waals surface area (Å²) in [5, 5.41) is 8.36. The first-order chi connectivity index (χ1) is 14.5. The lowest BCUT2D eigenvalue weighted by Gasteiger charge is -2.14. The fraction of sp³-hybridized carbons (Fsp3) is 0.190. The van der Waals surface area contributed by atoms with Gasteiger partial charge < -0.3 is 14.4 Å². The first-order valence-corrected chi connectivity index (χ1v) is 9.11. The molecule has 0 heterocycles. The average molecular weight is 432 g/mol. The number of esters is 1. The zero-order chi connectivity index (χ0) is 21.9. The Bertz CT molecular complexity index is 942. The van der Waals surface area contributed by atoms with E-state index in [4.69, 9.17) is 30.9 Å². The Morgan fingerprint density at radius 1 is 1.00 bits per heavy atom. The fourth-order valence-electron chi connectivity index (χ4n) is 2.49. The van der Waals surface area contributed by atoms with E-state index < -0.39 is 5.97 Å². The lowest BCUT2D eigenvalue weighted by molar-refractivity contribution is -0.132. The third-order valence-corrected chi connectivity index (χ3v) is 4.09. The van der Waals surface area contributed by atoms with Crippen molar-refractivity contribution in [2.75, 3.05) is 21.3 Å². The maximum Gasteiger partial charge on any atom is 0.360 e. The minimum absolute atomic E-state index is 0.0285. The van der Waals surface area contributed by atoms with Gasteiger partial charge in [-0.3, -0.25) is 10.3 Å². The van der Waals surface area contributed by atoms with E-state index in [2.05, 4.69) is 22.4 Å². The van der Waals surface area contributed by atoms with Crippen molar-refractivity contribution >= 4 is 29.0 Å². The van der Waals surface area contributed by atoms with Crippen LogP contribution in [0.4, 0.5) is 0 Å². The maximum atomic E-state index is 12.0. The number of rotatable bonds is 10. The summed E-state index contributed by atoms with van der Waals surface area (Å²) in [5.74, 6) is -0.626. The summed E-state index contributed by atoms with van der Waals surface area (Å²) in [6, 6.07) is 14.1. The largest absolute Gasteiger partial charge is 0.464 e. The first kappa shape index (κ1) is 22.9. The number of methoxy groups -OCH3 is 1. The number of nitrogens with one attached hydrogen (secondary N) is 1. The van der Waals surface area contributed by atoms with Crippen molar-refractivity contribution in [3.63, 3.8) is 0 Å². The zero-order valence-electron chi connectivity index (χ0n) is 16.8. The molecule has 30 heavy (non-hydrogen) atoms. The van der Waals surface area contributed by atoms with Crippen LogP contribution in [0.1, 0.15) is 16.7 Å². The summed E-state index contributed by atoms with van der Waals surface area (Å²) in [6.45, 7) is 4.03. The van der Waals surface area contributed by atoms with Gasteiger partial charge in [0.05, 0.1) is 12.8 Å². The molecule has 0 aliphatic carbocycles. The molecule has 0 unspecified atom stereocenters. The molecule has 9 heteroatoms. The van der Waals surface area contributed by atoms with Crippen molar-refractivity contribution in [1.29, 1.82) is 0 Å². The summed E-state index contributed by atoms with van der Waals surface area (Å²) in [4.78, 5) is 27.3. The van der Waals surface area contributed by atoms with Crippen LogP contribution in [0.25, 0.3) is 0 Å². The van der Waals surface area contributed by atoms with E-state index in [0.717, 1.165) is 5.56 Å². The Hall–Kier alpha value is -3.36. The van der Waals surface area contributed by atoms with Crippen LogP contribution >= 0.6 is 11.6 Å². The molecule has 0 aromatic heterocycles. The third kappa shape index (κ3) is 6.07. The molecule has 2 aromatic rings. The van der Waals surface area contributed by atoms with Crippen LogP contribution in [-0.2, 0) is 30.7 Å². The van der Waals surface area contributed by atoms with Crippen LogP contribution in [0, 0.1) is 0 Å². The number of hydrogen-bond acceptors (Lipinski definition) is 8. The Labute approximate surface area is 179 Å². The second kappa shape index (κ2) is 11.6. The van der Waals surface area contributed by atoms with Crippen molar-refractivity contribution in [3.05, 3.63) is 82.5 Å². The van der Waals surface area contributed by atoms with E-state index in [1.54, 1.807) is 42.5 Å². The number of nitrogens with zero attached hydrogens (tertiary/aromatic N) is 2. The van der Waals surface area contributed by atoms with Crippen LogP contribution in [0.15, 0.2) is 71.1 Å². The quantitative estimate of drug-likeness (QED) is 0.352. The van der Waals surface area contributed by atoms with Gasteiger partial charge in [0.2, 0.25) is 0 Å². The molecule has 0 fully saturated rings. The number of halogens is 1. The van der Waals surface area contributed by atoms with E-state index in [9.17, 15) is 4.79 Å². The van der Waals surface area contributed by atoms with Gasteiger partial charge in [-0.1, -0.05) is 64.9 Å². The van der Waals surface area contributed by atoms with Crippen LogP contribution in [0.2, 0.25) is 5.02 Å². The van der Waals surface area contributed by atoms with E-state index in [1.165, 1.54) is 21.3 Å². The Balaban J connectivity index is 2.13. The van der Waals surface area contributed by atoms with Gasteiger partial charge in [0.1, 0.15) is 26.5 Å². The first-order valence-electron chi connectivity index (χ1n) is 8.73. The Kier molecular flexibility index (Phi) is 8.86. The smallest absolute Gasteiger partial charge is 0.360 e. The molecule has 0 aliphatic rings. The molecule has 0 aliphatic heterocycles. The lowest BCUT2D eigenvalue weighted by atomic mass is 10.0. The molecule has 0 amide bonds. The molecule has 0 saturated heterocycles. The molecule has 8 nitrogen and oxygen atoms in total. The van der Waals surface area contributed by atoms with E-state index in [-0.39, 0.29) is 12.3 Å². The van der Waals surface area contributed by atoms with Crippen molar-refractivity contribution in [3.8, 4) is 0 Å². The van der Waals surface area contributed by atoms with Gasteiger partial charge in [-0.2, -0.15) is 0 Å². The zero-order valence-corrected chi connectivity index (χ0v) is 17.6. The van der Waals surface area contributed by atoms with Crippen LogP contribution in [0.3, 0.4) is 0 Å². The number of hydrogen-bond donors (Lipinski definition) is 1. The highest BCUT2D eigenvalue weighted by atomic mass is 35.5. The summed E-state index contributed by atoms with van der Waals surface area (Å²) < 4.78 is 4.77. The minimum Gasteiger partial charge on any atom is -0.464 e. The number of ether oxygens (including phenoxy) is 1. The molecular weight excluding hydrogens is 410 g/mol. The number of carbonyl (C=O) groups is 1. The molecule has 0 saturated carbocycles. The number of carbonyl (C=O) groups excluding carboxylic acids is 1. The van der Waals surface area contributed by atoms with Gasteiger partial charge in [-0.05, 0) is 17.7 Å². The number of allylic oxidation sites excluding steroid dienone is 1. The molecule has 0 spiro atoms. The third-order valence-electron chi connectivity index (χ3n) is 3.84. The van der Waals surface area contributed by atoms with Crippen molar-refractivity contribution < 1.29 is 24.0 Å². The predicted octanol–water partition coefficient (Wildman–Crippen LogP) is 3.45. The fourth-order valence-corrected chi connectivity index (χ4v) is 2.62. The van der Waals surface area contributed by atoms with Crippen molar-refractivity contribution in [2.45, 2.75) is 6.61 Å². The molecule has 2 aromatic carbocycles. The van der Waals surface area contributed by atoms with Crippen molar-refractivity contribution in [2.24, 2.45) is 10.3 Å². The molecule has 158 valence electrons. The highest BCUT2D eigenvalue weighted by Crippen LogP contribution is 2.15. The second-order valence-electron chi connectivity index (χ2n) is 5.77. The maximum absolute atomic E-state index is 12.0. The van der Waals surface area contributed by atoms with Gasteiger partial charge in [0.15, 0.2) is 5.71 Å². The van der Waals surface area contributed by atoms with Gasteiger partial charge in [-0.25, -0.2) is 4.79 Å². The Morgan fingerprint density at radius 3 is 2.27 bits per heavy atom. The van der Waals surface area contributed by atoms with Gasteiger partial charge in [0, 0.05) is 16.1 Å². The standard InChI is InChI=1S/C21H22ClN3O5/c1-14(19(24-28-3)15-9-11-17(22)12-10-15)23-30-13-16-7-5-6-8-18(16)20(25-29-4)21(26)27-2/h5-12,23H,1,13H2,2-4H3. The summed E-state index contributed by atoms with van der Waals surface area (Å²) in [6.07, 6.45) is 0. The second-order valence-corrected chi connectivity index (χ2v) is 6.21. The minimum atomic E-state index is -0.626. The number of hydroxylamine groups is 1. The molecule has 0 radical (unpaired) electrons. The summed E-state index contributed by atoms with van der Waals surface area (Å²) in [5.41, 5.74) is 5.52. The monoisotopic (exact) mass is 431 g/mol. The van der Waals surface area contributed by atoms with Crippen molar-refractivity contribution in [1.82, 2.24) is 5.48 Å². The molecular formula is C21H22ClN3O5. The van der Waals surface area contributed by atoms with Crippen LogP contribution in [-0.4, -0.2) is 38.7 Å². The lowest BCUT2D eigenvalue weighted by Crippen LogP contribution is -2.23. The molecule has 0 bridgehead atoms. The topological polar surface area (TPSA) is 90.7 Å². The average Bonchev–Trinajstić information content (AvgIpc) is 2.76. The molecule has 1 N–H and O–H groups in total. The highest BCUT2D eigenvalue weighted by Gasteiger charge is 2.19. The Morgan fingerprint density at radius 2 is 1.63 bits per heavy atom. The predicted molar refractivity (Wildman–Crippen MR) is 114 cm³/mol. The van der Waals surface area contributed by atoms with Crippen LogP contribution < -0.4 is 5.48 Å². The van der Waals surface area contributed by atoms with Gasteiger partial charge in [0.25, 0.3) is 0 Å². The SMILES string of the molecule is C=C(NOCc1ccccc1C(=NOC)C(=O)OC)C(=NOC)c1ccc(Cl)cc1. The van der Waals surface area contributed by atoms with Crippen LogP contribution in [0.5, 0.6) is 0 Å².